The molecule has 3 rings (SSSR count). The van der Waals surface area contributed by atoms with Crippen LogP contribution in [0, 0.1) is 27.7 Å². The maximum Gasteiger partial charge on any atom is 0.253 e. The number of H-pyrrole nitrogens is 1. The van der Waals surface area contributed by atoms with Gasteiger partial charge in [-0.3, -0.25) is 14.3 Å². The summed E-state index contributed by atoms with van der Waals surface area (Å²) in [4.78, 5) is 27.8. The molecule has 8 nitrogen and oxygen atoms in total. The molecule has 2 N–H and O–H groups in total. The normalized spacial score (nSPS) is 12.5. The number of amides is 1. The quantitative estimate of drug-likeness (QED) is 0.716. The van der Waals surface area contributed by atoms with Crippen LogP contribution in [0.25, 0.3) is 11.0 Å². The molecule has 0 radical (unpaired) electrons. The molecule has 3 heterocycles. The van der Waals surface area contributed by atoms with Crippen LogP contribution >= 0.6 is 0 Å². The van der Waals surface area contributed by atoms with Gasteiger partial charge in [-0.1, -0.05) is 5.16 Å². The highest BCUT2D eigenvalue weighted by Crippen LogP contribution is 2.22. The van der Waals surface area contributed by atoms with Gasteiger partial charge in [-0.15, -0.1) is 0 Å². The van der Waals surface area contributed by atoms with E-state index in [0.29, 0.717) is 23.4 Å². The predicted molar refractivity (Wildman–Crippen MR) is 102 cm³/mol. The third-order valence-corrected chi connectivity index (χ3v) is 5.06. The number of fused-ring (bicyclic) bond motifs is 1. The third kappa shape index (κ3) is 3.39. The zero-order valence-corrected chi connectivity index (χ0v) is 16.6. The molecule has 0 bridgehead atoms. The monoisotopic (exact) mass is 371 g/mol. The molecule has 0 unspecified atom stereocenters. The molecule has 8 heteroatoms. The van der Waals surface area contributed by atoms with E-state index in [2.05, 4.69) is 20.6 Å². The van der Waals surface area contributed by atoms with Crippen LogP contribution in [0.2, 0.25) is 0 Å². The van der Waals surface area contributed by atoms with Crippen LogP contribution < -0.4 is 10.9 Å². The molecule has 3 aromatic rings. The number of pyridine rings is 1. The van der Waals surface area contributed by atoms with E-state index in [1.54, 1.807) is 11.7 Å². The van der Waals surface area contributed by atoms with Gasteiger partial charge in [0.1, 0.15) is 11.4 Å². The van der Waals surface area contributed by atoms with Crippen molar-refractivity contribution in [3.05, 3.63) is 44.2 Å². The van der Waals surface area contributed by atoms with E-state index >= 15 is 0 Å². The number of hydrogen-bond donors (Lipinski definition) is 2. The van der Waals surface area contributed by atoms with Crippen molar-refractivity contribution in [3.8, 4) is 0 Å². The zero-order chi connectivity index (χ0) is 19.9. The number of carbonyl (C=O) groups excluding carboxylic acids is 1. The minimum Gasteiger partial charge on any atom is -0.361 e. The molecule has 0 spiro atoms. The van der Waals surface area contributed by atoms with Gasteiger partial charge in [0.15, 0.2) is 0 Å². The van der Waals surface area contributed by atoms with E-state index in [-0.39, 0.29) is 23.9 Å². The van der Waals surface area contributed by atoms with Crippen molar-refractivity contribution < 1.29 is 9.32 Å². The minimum atomic E-state index is -0.203. The Hall–Kier alpha value is -2.90. The first-order chi connectivity index (χ1) is 12.7. The number of carbonyl (C=O) groups is 1. The van der Waals surface area contributed by atoms with E-state index in [1.165, 1.54) is 0 Å². The van der Waals surface area contributed by atoms with Crippen molar-refractivity contribution in [2.75, 3.05) is 0 Å². The van der Waals surface area contributed by atoms with Gasteiger partial charge in [0.05, 0.1) is 17.4 Å². The molecule has 144 valence electrons. The Bertz CT molecular complexity index is 1050. The molecule has 0 aliphatic rings. The molecule has 1 atom stereocenters. The maximum absolute atomic E-state index is 12.5. The fraction of sp³-hybridized carbons (Fsp3) is 0.474. The summed E-state index contributed by atoms with van der Waals surface area (Å²) in [6.45, 7) is 9.39. The fourth-order valence-electron chi connectivity index (χ4n) is 3.79. The molecular formula is C19H25N5O3. The minimum absolute atomic E-state index is 0.121. The highest BCUT2D eigenvalue weighted by molar-refractivity contribution is 5.83. The van der Waals surface area contributed by atoms with Crippen LogP contribution in [-0.4, -0.2) is 25.8 Å². The van der Waals surface area contributed by atoms with E-state index < -0.39 is 0 Å². The van der Waals surface area contributed by atoms with Gasteiger partial charge >= 0.3 is 0 Å². The highest BCUT2D eigenvalue weighted by Gasteiger charge is 2.19. The Balaban J connectivity index is 1.76. The van der Waals surface area contributed by atoms with E-state index in [0.717, 1.165) is 27.9 Å². The topological polar surface area (TPSA) is 106 Å². The molecule has 1 amide bonds. The van der Waals surface area contributed by atoms with Crippen molar-refractivity contribution in [2.45, 2.75) is 53.5 Å². The summed E-state index contributed by atoms with van der Waals surface area (Å²) in [5.74, 6) is 0.578. The van der Waals surface area contributed by atoms with Crippen LogP contribution in [0.5, 0.6) is 0 Å². The molecule has 0 saturated heterocycles. The van der Waals surface area contributed by atoms with Gasteiger partial charge < -0.3 is 14.8 Å². The third-order valence-electron chi connectivity index (χ3n) is 5.06. The second-order valence-electron chi connectivity index (χ2n) is 7.02. The molecular weight excluding hydrogens is 346 g/mol. The first kappa shape index (κ1) is 18.9. The number of aromatic nitrogens is 4. The summed E-state index contributed by atoms with van der Waals surface area (Å²) in [5, 5.41) is 12.2. The second kappa shape index (κ2) is 7.02. The molecule has 27 heavy (non-hydrogen) atoms. The van der Waals surface area contributed by atoms with Crippen LogP contribution in [-0.2, 0) is 18.3 Å². The molecule has 0 saturated carbocycles. The molecule has 3 aromatic heterocycles. The number of rotatable bonds is 5. The predicted octanol–water partition coefficient (Wildman–Crippen LogP) is 2.29. The smallest absolute Gasteiger partial charge is 0.253 e. The Labute approximate surface area is 156 Å². The van der Waals surface area contributed by atoms with Gasteiger partial charge in [-0.2, -0.15) is 5.10 Å². The van der Waals surface area contributed by atoms with Gasteiger partial charge in [-0.05, 0) is 46.6 Å². The van der Waals surface area contributed by atoms with E-state index in [9.17, 15) is 9.59 Å². The largest absolute Gasteiger partial charge is 0.361 e. The lowest BCUT2D eigenvalue weighted by atomic mass is 10.0. The van der Waals surface area contributed by atoms with E-state index in [4.69, 9.17) is 4.52 Å². The fourth-order valence-corrected chi connectivity index (χ4v) is 3.79. The standard InChI is InChI=1S/C19H25N5O3/c1-9-14(19(26)21-18-16(9)11(3)22-24(18)6)7-8-15(25)20-10(2)17-12(4)23-27-13(17)5/h10H,7-8H2,1-6H3,(H,20,25)(H,21,26)/t10-/m0/s1. The van der Waals surface area contributed by atoms with Gasteiger partial charge in [0, 0.05) is 30.0 Å². The number of aromatic amines is 1. The average molecular weight is 371 g/mol. The lowest BCUT2D eigenvalue weighted by Crippen LogP contribution is -2.28. The van der Waals surface area contributed by atoms with Crippen molar-refractivity contribution in [3.63, 3.8) is 0 Å². The Morgan fingerprint density at radius 3 is 2.59 bits per heavy atom. The van der Waals surface area contributed by atoms with Crippen LogP contribution in [0.3, 0.4) is 0 Å². The lowest BCUT2D eigenvalue weighted by molar-refractivity contribution is -0.121. The summed E-state index contributed by atoms with van der Waals surface area (Å²) >= 11 is 0. The van der Waals surface area contributed by atoms with Crippen molar-refractivity contribution in [2.24, 2.45) is 7.05 Å². The summed E-state index contributed by atoms with van der Waals surface area (Å²) < 4.78 is 6.83. The van der Waals surface area contributed by atoms with Gasteiger partial charge in [0.2, 0.25) is 5.91 Å². The summed E-state index contributed by atoms with van der Waals surface area (Å²) in [6.07, 6.45) is 0.591. The molecule has 0 aliphatic carbocycles. The number of nitrogens with one attached hydrogen (secondary N) is 2. The zero-order valence-electron chi connectivity index (χ0n) is 16.6. The second-order valence-corrected chi connectivity index (χ2v) is 7.02. The highest BCUT2D eigenvalue weighted by atomic mass is 16.5. The molecule has 0 aromatic carbocycles. The Morgan fingerprint density at radius 2 is 1.96 bits per heavy atom. The number of nitrogens with zero attached hydrogens (tertiary/aromatic N) is 3. The summed E-state index contributed by atoms with van der Waals surface area (Å²) in [5.41, 5.74) is 4.56. The van der Waals surface area contributed by atoms with Crippen LogP contribution in [0.15, 0.2) is 9.32 Å². The Kier molecular flexibility index (Phi) is 4.91. The first-order valence-corrected chi connectivity index (χ1v) is 8.97. The summed E-state index contributed by atoms with van der Waals surface area (Å²) in [7, 11) is 1.80. The number of hydrogen-bond acceptors (Lipinski definition) is 5. The lowest BCUT2D eigenvalue weighted by Gasteiger charge is -2.14. The molecule has 0 fully saturated rings. The Morgan fingerprint density at radius 1 is 1.26 bits per heavy atom. The van der Waals surface area contributed by atoms with Crippen LogP contribution in [0.1, 0.15) is 53.2 Å². The van der Waals surface area contributed by atoms with Crippen LogP contribution in [0.4, 0.5) is 0 Å². The molecule has 0 aliphatic heterocycles. The first-order valence-electron chi connectivity index (χ1n) is 8.97. The number of aryl methyl sites for hydroxylation is 5. The van der Waals surface area contributed by atoms with Crippen molar-refractivity contribution in [1.82, 2.24) is 25.2 Å². The average Bonchev–Trinajstić information content (AvgIpc) is 3.06. The van der Waals surface area contributed by atoms with E-state index in [1.807, 2.05) is 34.6 Å². The SMILES string of the molecule is Cc1noc(C)c1[C@H](C)NC(=O)CCc1c(C)c2c(C)nn(C)c2[nH]c1=O. The van der Waals surface area contributed by atoms with Crippen molar-refractivity contribution >= 4 is 16.9 Å². The maximum atomic E-state index is 12.5. The van der Waals surface area contributed by atoms with Gasteiger partial charge in [0.25, 0.3) is 5.56 Å². The summed E-state index contributed by atoms with van der Waals surface area (Å²) in [6, 6.07) is -0.203. The van der Waals surface area contributed by atoms with Crippen molar-refractivity contribution in [1.29, 1.82) is 0 Å². The van der Waals surface area contributed by atoms with Gasteiger partial charge in [-0.25, -0.2) is 0 Å².